The van der Waals surface area contributed by atoms with Crippen LogP contribution in [0.5, 0.6) is 5.75 Å². The predicted molar refractivity (Wildman–Crippen MR) is 90.5 cm³/mol. The maximum Gasteiger partial charge on any atom is 0.227 e. The Labute approximate surface area is 138 Å². The first kappa shape index (κ1) is 17.3. The third kappa shape index (κ3) is 4.03. The summed E-state index contributed by atoms with van der Waals surface area (Å²) in [4.78, 5) is 26.4. The van der Waals surface area contributed by atoms with Crippen molar-refractivity contribution in [2.45, 2.75) is 40.2 Å². The van der Waals surface area contributed by atoms with Crippen LogP contribution in [0.15, 0.2) is 24.3 Å². The number of rotatable bonds is 6. The van der Waals surface area contributed by atoms with Crippen molar-refractivity contribution >= 4 is 17.5 Å². The van der Waals surface area contributed by atoms with Gasteiger partial charge >= 0.3 is 0 Å². The van der Waals surface area contributed by atoms with Gasteiger partial charge in [0.25, 0.3) is 0 Å². The van der Waals surface area contributed by atoms with Crippen molar-refractivity contribution < 1.29 is 14.3 Å². The number of anilines is 1. The molecule has 0 radical (unpaired) electrons. The van der Waals surface area contributed by atoms with E-state index >= 15 is 0 Å². The zero-order valence-corrected chi connectivity index (χ0v) is 14.3. The van der Waals surface area contributed by atoms with Crippen LogP contribution in [0.25, 0.3) is 0 Å². The van der Waals surface area contributed by atoms with E-state index in [0.29, 0.717) is 24.8 Å². The molecule has 0 aromatic heterocycles. The molecule has 1 aromatic carbocycles. The molecule has 126 valence electrons. The molecule has 0 saturated carbocycles. The molecule has 5 heteroatoms. The highest BCUT2D eigenvalue weighted by atomic mass is 16.5. The summed E-state index contributed by atoms with van der Waals surface area (Å²) in [5.74, 6) is 0.662. The molecule has 1 saturated heterocycles. The van der Waals surface area contributed by atoms with Crippen molar-refractivity contribution in [2.75, 3.05) is 18.1 Å². The van der Waals surface area contributed by atoms with Crippen LogP contribution in [0.3, 0.4) is 0 Å². The molecule has 1 aliphatic rings. The topological polar surface area (TPSA) is 58.6 Å². The average Bonchev–Trinajstić information content (AvgIpc) is 2.90. The minimum Gasteiger partial charge on any atom is -0.492 e. The number of nitrogens with one attached hydrogen (secondary N) is 1. The fourth-order valence-electron chi connectivity index (χ4n) is 2.58. The molecule has 5 nitrogen and oxygen atoms in total. The lowest BCUT2D eigenvalue weighted by molar-refractivity contribution is -0.127. The number of benzene rings is 1. The molecule has 0 spiro atoms. The van der Waals surface area contributed by atoms with E-state index in [9.17, 15) is 9.59 Å². The number of hydrogen-bond acceptors (Lipinski definition) is 3. The summed E-state index contributed by atoms with van der Waals surface area (Å²) in [7, 11) is 0. The molecule has 2 rings (SSSR count). The van der Waals surface area contributed by atoms with Gasteiger partial charge in [-0.2, -0.15) is 0 Å². The SMILES string of the molecule is CCOc1ccccc1N1C[C@@H](C(=O)N[C@H](C)C(C)C)CC1=O. The highest BCUT2D eigenvalue weighted by Crippen LogP contribution is 2.33. The number of nitrogens with zero attached hydrogens (tertiary/aromatic N) is 1. The summed E-state index contributed by atoms with van der Waals surface area (Å²) < 4.78 is 5.60. The molecular formula is C18H26N2O3. The molecule has 1 N–H and O–H groups in total. The standard InChI is InChI=1S/C18H26N2O3/c1-5-23-16-9-7-6-8-15(16)20-11-14(10-17(20)21)18(22)19-13(4)12(2)3/h6-9,12-14H,5,10-11H2,1-4H3,(H,19,22)/t13-,14+/m1/s1. The second-order valence-electron chi connectivity index (χ2n) is 6.35. The normalized spacial score (nSPS) is 19.1. The monoisotopic (exact) mass is 318 g/mol. The lowest BCUT2D eigenvalue weighted by atomic mass is 10.0. The summed E-state index contributed by atoms with van der Waals surface area (Å²) in [6.45, 7) is 8.97. The number of carbonyl (C=O) groups excluding carboxylic acids is 2. The molecule has 0 aliphatic carbocycles. The van der Waals surface area contributed by atoms with E-state index in [1.807, 2.05) is 38.1 Å². The third-order valence-corrected chi connectivity index (χ3v) is 4.32. The van der Waals surface area contributed by atoms with E-state index in [4.69, 9.17) is 4.74 Å². The van der Waals surface area contributed by atoms with Gasteiger partial charge in [0.15, 0.2) is 0 Å². The molecule has 1 heterocycles. The maximum atomic E-state index is 12.4. The van der Waals surface area contributed by atoms with Crippen LogP contribution in [0.1, 0.15) is 34.1 Å². The van der Waals surface area contributed by atoms with Gasteiger partial charge in [0.2, 0.25) is 11.8 Å². The van der Waals surface area contributed by atoms with Crippen molar-refractivity contribution in [3.05, 3.63) is 24.3 Å². The van der Waals surface area contributed by atoms with E-state index in [1.54, 1.807) is 4.90 Å². The Bertz CT molecular complexity index is 571. The second-order valence-corrected chi connectivity index (χ2v) is 6.35. The van der Waals surface area contributed by atoms with E-state index in [0.717, 1.165) is 5.69 Å². The van der Waals surface area contributed by atoms with E-state index < -0.39 is 0 Å². The number of amides is 2. The van der Waals surface area contributed by atoms with Crippen LogP contribution in [0.4, 0.5) is 5.69 Å². The Hall–Kier alpha value is -2.04. The van der Waals surface area contributed by atoms with Crippen LogP contribution in [0, 0.1) is 11.8 Å². The molecule has 1 aromatic rings. The Morgan fingerprint density at radius 1 is 1.35 bits per heavy atom. The van der Waals surface area contributed by atoms with E-state index in [2.05, 4.69) is 19.2 Å². The Balaban J connectivity index is 2.10. The van der Waals surface area contributed by atoms with Crippen molar-refractivity contribution in [1.29, 1.82) is 0 Å². The summed E-state index contributed by atoms with van der Waals surface area (Å²) >= 11 is 0. The molecule has 2 atom stereocenters. The molecule has 1 aliphatic heterocycles. The first-order valence-corrected chi connectivity index (χ1v) is 8.26. The Morgan fingerprint density at radius 2 is 2.04 bits per heavy atom. The fraction of sp³-hybridized carbons (Fsp3) is 0.556. The van der Waals surface area contributed by atoms with Crippen molar-refractivity contribution in [1.82, 2.24) is 5.32 Å². The molecule has 2 amide bonds. The summed E-state index contributed by atoms with van der Waals surface area (Å²) in [6, 6.07) is 7.56. The van der Waals surface area contributed by atoms with Crippen LogP contribution < -0.4 is 15.0 Å². The van der Waals surface area contributed by atoms with Crippen LogP contribution in [-0.4, -0.2) is 31.0 Å². The highest BCUT2D eigenvalue weighted by Gasteiger charge is 2.36. The quantitative estimate of drug-likeness (QED) is 0.877. The first-order valence-electron chi connectivity index (χ1n) is 8.26. The molecule has 0 unspecified atom stereocenters. The summed E-state index contributed by atoms with van der Waals surface area (Å²) in [5, 5.41) is 3.00. The Kier molecular flexibility index (Phi) is 5.64. The average molecular weight is 318 g/mol. The lowest BCUT2D eigenvalue weighted by Gasteiger charge is -2.21. The van der Waals surface area contributed by atoms with Gasteiger partial charge in [0.1, 0.15) is 5.75 Å². The zero-order chi connectivity index (χ0) is 17.0. The minimum absolute atomic E-state index is 0.0329. The third-order valence-electron chi connectivity index (χ3n) is 4.32. The van der Waals surface area contributed by atoms with Crippen LogP contribution in [-0.2, 0) is 9.59 Å². The number of para-hydroxylation sites is 2. The summed E-state index contributed by atoms with van der Waals surface area (Å²) in [6.07, 6.45) is 0.247. The molecule has 1 fully saturated rings. The largest absolute Gasteiger partial charge is 0.492 e. The second kappa shape index (κ2) is 7.49. The number of hydrogen-bond donors (Lipinski definition) is 1. The van der Waals surface area contributed by atoms with E-state index in [1.165, 1.54) is 0 Å². The first-order chi connectivity index (χ1) is 10.9. The summed E-state index contributed by atoms with van der Waals surface area (Å²) in [5.41, 5.74) is 0.742. The Morgan fingerprint density at radius 3 is 2.70 bits per heavy atom. The number of carbonyl (C=O) groups is 2. The zero-order valence-electron chi connectivity index (χ0n) is 14.3. The molecular weight excluding hydrogens is 292 g/mol. The maximum absolute atomic E-state index is 12.4. The van der Waals surface area contributed by atoms with Gasteiger partial charge in [-0.15, -0.1) is 0 Å². The van der Waals surface area contributed by atoms with E-state index in [-0.39, 0.29) is 30.2 Å². The lowest BCUT2D eigenvalue weighted by Crippen LogP contribution is -2.40. The molecule has 23 heavy (non-hydrogen) atoms. The van der Waals surface area contributed by atoms with Gasteiger partial charge in [0, 0.05) is 19.0 Å². The van der Waals surface area contributed by atoms with Crippen molar-refractivity contribution in [3.63, 3.8) is 0 Å². The van der Waals surface area contributed by atoms with Gasteiger partial charge < -0.3 is 15.0 Å². The van der Waals surface area contributed by atoms with Crippen LogP contribution >= 0.6 is 0 Å². The predicted octanol–water partition coefficient (Wildman–Crippen LogP) is 2.60. The minimum atomic E-state index is -0.307. The van der Waals surface area contributed by atoms with Gasteiger partial charge in [0.05, 0.1) is 18.2 Å². The van der Waals surface area contributed by atoms with Crippen LogP contribution in [0.2, 0.25) is 0 Å². The van der Waals surface area contributed by atoms with Crippen molar-refractivity contribution in [2.24, 2.45) is 11.8 Å². The van der Waals surface area contributed by atoms with Crippen molar-refractivity contribution in [3.8, 4) is 5.75 Å². The highest BCUT2D eigenvalue weighted by molar-refractivity contribution is 6.01. The van der Waals surface area contributed by atoms with Gasteiger partial charge in [-0.3, -0.25) is 9.59 Å². The van der Waals surface area contributed by atoms with Gasteiger partial charge in [-0.05, 0) is 31.9 Å². The van der Waals surface area contributed by atoms with Gasteiger partial charge in [-0.1, -0.05) is 26.0 Å². The smallest absolute Gasteiger partial charge is 0.227 e. The van der Waals surface area contributed by atoms with Gasteiger partial charge in [-0.25, -0.2) is 0 Å². The number of ether oxygens (including phenoxy) is 1. The molecule has 0 bridgehead atoms. The fourth-order valence-corrected chi connectivity index (χ4v) is 2.58.